The number of carboxylic acid groups (broad SMARTS) is 1. The molecular formula is C19H26N4O5. The topological polar surface area (TPSA) is 134 Å². The van der Waals surface area contributed by atoms with E-state index in [0.717, 1.165) is 0 Å². The molecule has 28 heavy (non-hydrogen) atoms. The predicted octanol–water partition coefficient (Wildman–Crippen LogP) is 1.46. The second-order valence-corrected chi connectivity index (χ2v) is 7.39. The van der Waals surface area contributed by atoms with Gasteiger partial charge >= 0.3 is 11.7 Å². The Hall–Kier alpha value is -2.97. The first-order chi connectivity index (χ1) is 13.1. The third-order valence-electron chi connectivity index (χ3n) is 4.47. The summed E-state index contributed by atoms with van der Waals surface area (Å²) in [6, 6.07) is 0.372. The Labute approximate surface area is 161 Å². The van der Waals surface area contributed by atoms with E-state index in [2.05, 4.69) is 15.3 Å². The molecule has 2 aromatic rings. The number of H-pyrrole nitrogens is 1. The van der Waals surface area contributed by atoms with Gasteiger partial charge in [0.25, 0.3) is 11.5 Å². The molecule has 1 amide bonds. The van der Waals surface area contributed by atoms with E-state index in [9.17, 15) is 24.3 Å². The van der Waals surface area contributed by atoms with Crippen molar-refractivity contribution < 1.29 is 14.7 Å². The fourth-order valence-corrected chi connectivity index (χ4v) is 2.93. The molecule has 0 spiro atoms. The Kier molecular flexibility index (Phi) is 6.37. The van der Waals surface area contributed by atoms with Crippen molar-refractivity contribution in [3.8, 4) is 0 Å². The molecule has 0 aliphatic carbocycles. The number of carboxylic acids is 1. The average molecular weight is 390 g/mol. The van der Waals surface area contributed by atoms with Crippen LogP contribution in [0.2, 0.25) is 0 Å². The van der Waals surface area contributed by atoms with Gasteiger partial charge in [0.1, 0.15) is 6.04 Å². The molecule has 2 aromatic heterocycles. The summed E-state index contributed by atoms with van der Waals surface area (Å²) >= 11 is 0. The lowest BCUT2D eigenvalue weighted by Crippen LogP contribution is -2.44. The van der Waals surface area contributed by atoms with Crippen molar-refractivity contribution in [3.05, 3.63) is 38.2 Å². The third kappa shape index (κ3) is 4.13. The summed E-state index contributed by atoms with van der Waals surface area (Å²) in [7, 11) is 0. The van der Waals surface area contributed by atoms with Crippen LogP contribution in [-0.2, 0) is 11.3 Å². The minimum atomic E-state index is -1.16. The molecule has 0 aliphatic heterocycles. The van der Waals surface area contributed by atoms with Crippen molar-refractivity contribution in [1.29, 1.82) is 0 Å². The monoisotopic (exact) mass is 390 g/mol. The van der Waals surface area contributed by atoms with Crippen LogP contribution in [0.25, 0.3) is 11.0 Å². The quantitative estimate of drug-likeness (QED) is 0.655. The molecular weight excluding hydrogens is 364 g/mol. The molecule has 0 fully saturated rings. The summed E-state index contributed by atoms with van der Waals surface area (Å²) in [5.74, 6) is -2.28. The molecule has 2 heterocycles. The number of aromatic nitrogens is 3. The highest BCUT2D eigenvalue weighted by molar-refractivity contribution is 6.06. The summed E-state index contributed by atoms with van der Waals surface area (Å²) in [5.41, 5.74) is -0.652. The molecule has 3 N–H and O–H groups in total. The number of aryl methyl sites for hydroxylation is 1. The highest BCUT2D eigenvalue weighted by atomic mass is 16.4. The molecule has 0 unspecified atom stereocenters. The molecule has 152 valence electrons. The summed E-state index contributed by atoms with van der Waals surface area (Å²) in [6.07, 6.45) is 0.630. The number of nitrogens with zero attached hydrogens (tertiary/aromatic N) is 2. The highest BCUT2D eigenvalue weighted by Crippen LogP contribution is 2.20. The molecule has 0 saturated heterocycles. The molecule has 9 heteroatoms. The third-order valence-corrected chi connectivity index (χ3v) is 4.47. The second kappa shape index (κ2) is 8.37. The Balaban J connectivity index is 2.79. The van der Waals surface area contributed by atoms with Gasteiger partial charge in [0.2, 0.25) is 0 Å². The van der Waals surface area contributed by atoms with Crippen molar-refractivity contribution in [2.45, 2.75) is 59.5 Å². The number of nitrogens with one attached hydrogen (secondary N) is 2. The van der Waals surface area contributed by atoms with Gasteiger partial charge in [0.15, 0.2) is 5.65 Å². The van der Waals surface area contributed by atoms with Crippen LogP contribution in [0.4, 0.5) is 0 Å². The Morgan fingerprint density at radius 2 is 1.89 bits per heavy atom. The number of pyridine rings is 1. The first-order valence-corrected chi connectivity index (χ1v) is 9.29. The van der Waals surface area contributed by atoms with E-state index in [-0.39, 0.29) is 28.4 Å². The van der Waals surface area contributed by atoms with Crippen molar-refractivity contribution in [2.75, 3.05) is 0 Å². The molecule has 0 saturated carbocycles. The van der Waals surface area contributed by atoms with Gasteiger partial charge in [-0.2, -0.15) is 0 Å². The highest BCUT2D eigenvalue weighted by Gasteiger charge is 2.27. The number of carbonyl (C=O) groups excluding carboxylic acids is 1. The van der Waals surface area contributed by atoms with E-state index < -0.39 is 29.2 Å². The minimum absolute atomic E-state index is 0.00621. The molecule has 2 rings (SSSR count). The first-order valence-electron chi connectivity index (χ1n) is 9.29. The maximum absolute atomic E-state index is 12.9. The van der Waals surface area contributed by atoms with Crippen molar-refractivity contribution in [2.24, 2.45) is 5.92 Å². The Bertz CT molecular complexity index is 1020. The van der Waals surface area contributed by atoms with Crippen molar-refractivity contribution in [3.63, 3.8) is 0 Å². The van der Waals surface area contributed by atoms with Crippen LogP contribution in [0.15, 0.2) is 15.7 Å². The maximum atomic E-state index is 12.9. The lowest BCUT2D eigenvalue weighted by molar-refractivity contribution is -0.140. The standard InChI is InChI=1S/C19H26N4O5/c1-6-7-23-15-13(17(25)22-19(23)28)11(8-12(20-15)9(2)3)16(24)21-14(10(4)5)18(26)27/h8-10,14H,6-7H2,1-5H3,(H,21,24)(H,26,27)(H,22,25,28)/t14-/m0/s1. The van der Waals surface area contributed by atoms with E-state index in [1.807, 2.05) is 20.8 Å². The van der Waals surface area contributed by atoms with E-state index in [4.69, 9.17) is 0 Å². The van der Waals surface area contributed by atoms with Gasteiger partial charge in [-0.1, -0.05) is 34.6 Å². The van der Waals surface area contributed by atoms with Gasteiger partial charge in [-0.3, -0.25) is 19.1 Å². The molecule has 0 bridgehead atoms. The molecule has 1 atom stereocenters. The van der Waals surface area contributed by atoms with E-state index in [1.54, 1.807) is 13.8 Å². The van der Waals surface area contributed by atoms with E-state index in [1.165, 1.54) is 10.6 Å². The fraction of sp³-hybridized carbons (Fsp3) is 0.526. The average Bonchev–Trinajstić information content (AvgIpc) is 2.61. The summed E-state index contributed by atoms with van der Waals surface area (Å²) in [4.78, 5) is 55.8. The normalized spacial score (nSPS) is 12.5. The number of rotatable bonds is 7. The van der Waals surface area contributed by atoms with Gasteiger partial charge < -0.3 is 10.4 Å². The lowest BCUT2D eigenvalue weighted by atomic mass is 10.0. The van der Waals surface area contributed by atoms with Gasteiger partial charge in [0.05, 0.1) is 10.9 Å². The number of aliphatic carboxylic acids is 1. The number of hydrogen-bond donors (Lipinski definition) is 3. The van der Waals surface area contributed by atoms with E-state index in [0.29, 0.717) is 18.7 Å². The van der Waals surface area contributed by atoms with Gasteiger partial charge in [-0.05, 0) is 24.3 Å². The zero-order valence-electron chi connectivity index (χ0n) is 16.7. The zero-order valence-corrected chi connectivity index (χ0v) is 16.7. The van der Waals surface area contributed by atoms with Crippen LogP contribution >= 0.6 is 0 Å². The van der Waals surface area contributed by atoms with Crippen LogP contribution in [-0.4, -0.2) is 37.6 Å². The van der Waals surface area contributed by atoms with Gasteiger partial charge in [0, 0.05) is 12.2 Å². The summed E-state index contributed by atoms with van der Waals surface area (Å²) in [5, 5.41) is 11.8. The van der Waals surface area contributed by atoms with Crippen LogP contribution in [0.5, 0.6) is 0 Å². The summed E-state index contributed by atoms with van der Waals surface area (Å²) in [6.45, 7) is 9.30. The SMILES string of the molecule is CCCn1c(=O)[nH]c(=O)c2c(C(=O)N[C@H](C(=O)O)C(C)C)cc(C(C)C)nc21. The maximum Gasteiger partial charge on any atom is 0.329 e. The Morgan fingerprint density at radius 1 is 1.25 bits per heavy atom. The van der Waals surface area contributed by atoms with Crippen LogP contribution in [0.1, 0.15) is 63.0 Å². The number of fused-ring (bicyclic) bond motifs is 1. The lowest BCUT2D eigenvalue weighted by Gasteiger charge is -2.19. The van der Waals surface area contributed by atoms with Crippen molar-refractivity contribution in [1.82, 2.24) is 19.9 Å². The van der Waals surface area contributed by atoms with Crippen LogP contribution < -0.4 is 16.6 Å². The molecule has 9 nitrogen and oxygen atoms in total. The van der Waals surface area contributed by atoms with E-state index >= 15 is 0 Å². The van der Waals surface area contributed by atoms with Gasteiger partial charge in [-0.15, -0.1) is 0 Å². The van der Waals surface area contributed by atoms with Crippen LogP contribution in [0.3, 0.4) is 0 Å². The fourth-order valence-electron chi connectivity index (χ4n) is 2.93. The number of aromatic amines is 1. The number of hydrogen-bond acceptors (Lipinski definition) is 5. The largest absolute Gasteiger partial charge is 0.480 e. The molecule has 0 aliphatic rings. The Morgan fingerprint density at radius 3 is 2.39 bits per heavy atom. The predicted molar refractivity (Wildman–Crippen MR) is 105 cm³/mol. The smallest absolute Gasteiger partial charge is 0.329 e. The first kappa shape index (κ1) is 21.3. The second-order valence-electron chi connectivity index (χ2n) is 7.39. The number of amides is 1. The minimum Gasteiger partial charge on any atom is -0.480 e. The molecule has 0 radical (unpaired) electrons. The van der Waals surface area contributed by atoms with Gasteiger partial charge in [-0.25, -0.2) is 14.6 Å². The van der Waals surface area contributed by atoms with Crippen molar-refractivity contribution >= 4 is 22.9 Å². The summed E-state index contributed by atoms with van der Waals surface area (Å²) < 4.78 is 1.33. The molecule has 0 aromatic carbocycles. The van der Waals surface area contributed by atoms with Crippen LogP contribution in [0, 0.1) is 5.92 Å². The number of carbonyl (C=O) groups is 2. The zero-order chi connectivity index (χ0) is 21.2.